The van der Waals surface area contributed by atoms with E-state index in [9.17, 15) is 0 Å². The van der Waals surface area contributed by atoms with Crippen LogP contribution in [0.5, 0.6) is 0 Å². The van der Waals surface area contributed by atoms with E-state index in [1.54, 1.807) is 0 Å². The zero-order valence-corrected chi connectivity index (χ0v) is 9.66. The molecule has 3 aromatic rings. The van der Waals surface area contributed by atoms with Crippen molar-refractivity contribution in [2.75, 3.05) is 5.73 Å². The van der Waals surface area contributed by atoms with Gasteiger partial charge in [-0.25, -0.2) is 4.98 Å². The predicted molar refractivity (Wildman–Crippen MR) is 68.4 cm³/mol. The van der Waals surface area contributed by atoms with E-state index in [0.717, 1.165) is 11.3 Å². The molecule has 2 aromatic heterocycles. The van der Waals surface area contributed by atoms with Crippen molar-refractivity contribution in [1.82, 2.24) is 9.55 Å². The van der Waals surface area contributed by atoms with E-state index in [4.69, 9.17) is 5.73 Å². The van der Waals surface area contributed by atoms with Crippen molar-refractivity contribution in [3.63, 3.8) is 0 Å². The van der Waals surface area contributed by atoms with Crippen LogP contribution in [0.2, 0.25) is 0 Å². The molecule has 80 valence electrons. The highest BCUT2D eigenvalue weighted by Gasteiger charge is 2.04. The molecule has 0 amide bonds. The van der Waals surface area contributed by atoms with Gasteiger partial charge in [-0.1, -0.05) is 6.07 Å². The van der Waals surface area contributed by atoms with Crippen LogP contribution in [-0.4, -0.2) is 9.55 Å². The predicted octanol–water partition coefficient (Wildman–Crippen LogP) is 2.88. The number of aryl methyl sites for hydroxylation is 1. The zero-order chi connectivity index (χ0) is 11.1. The van der Waals surface area contributed by atoms with Crippen LogP contribution in [0.15, 0.2) is 35.8 Å². The molecule has 0 saturated heterocycles. The highest BCUT2D eigenvalue weighted by molar-refractivity contribution is 7.13. The van der Waals surface area contributed by atoms with Crippen molar-refractivity contribution in [2.24, 2.45) is 7.05 Å². The molecule has 3 rings (SSSR count). The number of hydrogen-bond acceptors (Lipinski definition) is 3. The van der Waals surface area contributed by atoms with Gasteiger partial charge in [0.25, 0.3) is 0 Å². The van der Waals surface area contributed by atoms with E-state index in [2.05, 4.69) is 40.0 Å². The molecule has 2 heterocycles. The molecule has 1 aromatic carbocycles. The van der Waals surface area contributed by atoms with Crippen molar-refractivity contribution < 1.29 is 0 Å². The Labute approximate surface area is 97.2 Å². The normalized spacial score (nSPS) is 11.1. The Morgan fingerprint density at radius 2 is 2.19 bits per heavy atom. The average molecular weight is 229 g/mol. The summed E-state index contributed by atoms with van der Waals surface area (Å²) in [5.41, 5.74) is 8.93. The van der Waals surface area contributed by atoms with E-state index in [-0.39, 0.29) is 0 Å². The second-order valence-corrected chi connectivity index (χ2v) is 4.66. The van der Waals surface area contributed by atoms with Crippen LogP contribution < -0.4 is 5.73 Å². The van der Waals surface area contributed by atoms with Gasteiger partial charge in [-0.2, -0.15) is 0 Å². The molecule has 3 nitrogen and oxygen atoms in total. The van der Waals surface area contributed by atoms with Gasteiger partial charge in [0.2, 0.25) is 0 Å². The first-order valence-corrected chi connectivity index (χ1v) is 5.88. The Morgan fingerprint density at radius 1 is 1.31 bits per heavy atom. The monoisotopic (exact) mass is 229 g/mol. The van der Waals surface area contributed by atoms with Gasteiger partial charge >= 0.3 is 0 Å². The standard InChI is InChI=1S/C12H11N3S/c1-15-5-4-9-6-8(2-3-11(9)15)10-7-16-12(13)14-10/h2-7H,1H3,(H2,13,14). The fourth-order valence-electron chi connectivity index (χ4n) is 1.86. The lowest BCUT2D eigenvalue weighted by atomic mass is 10.1. The molecule has 0 spiro atoms. The van der Waals surface area contributed by atoms with Crippen LogP contribution in [0.3, 0.4) is 0 Å². The van der Waals surface area contributed by atoms with E-state index >= 15 is 0 Å². The van der Waals surface area contributed by atoms with Crippen molar-refractivity contribution in [3.05, 3.63) is 35.8 Å². The van der Waals surface area contributed by atoms with E-state index in [1.165, 1.54) is 22.2 Å². The number of anilines is 1. The number of thiazole rings is 1. The van der Waals surface area contributed by atoms with E-state index in [0.29, 0.717) is 5.13 Å². The third-order valence-electron chi connectivity index (χ3n) is 2.70. The largest absolute Gasteiger partial charge is 0.375 e. The molecular formula is C12H11N3S. The van der Waals surface area contributed by atoms with Crippen LogP contribution in [0.4, 0.5) is 5.13 Å². The Morgan fingerprint density at radius 3 is 2.94 bits per heavy atom. The van der Waals surface area contributed by atoms with Gasteiger partial charge in [-0.15, -0.1) is 11.3 Å². The maximum atomic E-state index is 5.64. The van der Waals surface area contributed by atoms with Gasteiger partial charge in [-0.3, -0.25) is 0 Å². The lowest BCUT2D eigenvalue weighted by molar-refractivity contribution is 0.969. The Kier molecular flexibility index (Phi) is 1.97. The summed E-state index contributed by atoms with van der Waals surface area (Å²) in [6.45, 7) is 0. The Balaban J connectivity index is 2.18. The molecule has 0 aliphatic rings. The number of rotatable bonds is 1. The lowest BCUT2D eigenvalue weighted by Gasteiger charge is -1.99. The highest BCUT2D eigenvalue weighted by Crippen LogP contribution is 2.26. The molecular weight excluding hydrogens is 218 g/mol. The van der Waals surface area contributed by atoms with Gasteiger partial charge in [0, 0.05) is 35.1 Å². The van der Waals surface area contributed by atoms with Crippen LogP contribution in [-0.2, 0) is 7.05 Å². The van der Waals surface area contributed by atoms with Gasteiger partial charge in [0.05, 0.1) is 5.69 Å². The summed E-state index contributed by atoms with van der Waals surface area (Å²) in [5.74, 6) is 0. The number of benzene rings is 1. The van der Waals surface area contributed by atoms with Crippen LogP contribution in [0, 0.1) is 0 Å². The third-order valence-corrected chi connectivity index (χ3v) is 3.38. The number of nitrogens with two attached hydrogens (primary N) is 1. The molecule has 0 aliphatic heterocycles. The van der Waals surface area contributed by atoms with Gasteiger partial charge in [0.15, 0.2) is 5.13 Å². The second kappa shape index (κ2) is 3.35. The molecule has 0 unspecified atom stereocenters. The summed E-state index contributed by atoms with van der Waals surface area (Å²) >= 11 is 1.47. The number of nitrogen functional groups attached to an aromatic ring is 1. The number of hydrogen-bond donors (Lipinski definition) is 1. The second-order valence-electron chi connectivity index (χ2n) is 3.77. The lowest BCUT2D eigenvalue weighted by Crippen LogP contribution is -1.85. The molecule has 4 heteroatoms. The summed E-state index contributed by atoms with van der Waals surface area (Å²) < 4.78 is 2.11. The van der Waals surface area contributed by atoms with Gasteiger partial charge in [-0.05, 0) is 18.2 Å². The maximum Gasteiger partial charge on any atom is 0.180 e. The van der Waals surface area contributed by atoms with Crippen LogP contribution >= 0.6 is 11.3 Å². The number of nitrogens with zero attached hydrogens (tertiary/aromatic N) is 2. The number of aromatic nitrogens is 2. The van der Waals surface area contributed by atoms with Gasteiger partial charge in [0.1, 0.15) is 0 Å². The molecule has 2 N–H and O–H groups in total. The zero-order valence-electron chi connectivity index (χ0n) is 8.84. The van der Waals surface area contributed by atoms with E-state index in [1.807, 2.05) is 12.4 Å². The first kappa shape index (κ1) is 9.42. The number of fused-ring (bicyclic) bond motifs is 1. The molecule has 0 radical (unpaired) electrons. The molecule has 0 aliphatic carbocycles. The fraction of sp³-hybridized carbons (Fsp3) is 0.0833. The van der Waals surface area contributed by atoms with Crippen LogP contribution in [0.1, 0.15) is 0 Å². The van der Waals surface area contributed by atoms with Crippen molar-refractivity contribution in [3.8, 4) is 11.3 Å². The minimum Gasteiger partial charge on any atom is -0.375 e. The minimum absolute atomic E-state index is 0.614. The molecule has 0 fully saturated rings. The third kappa shape index (κ3) is 1.39. The SMILES string of the molecule is Cn1ccc2cc(-c3csc(N)n3)ccc21. The summed E-state index contributed by atoms with van der Waals surface area (Å²) in [6.07, 6.45) is 2.06. The van der Waals surface area contributed by atoms with Crippen molar-refractivity contribution in [2.45, 2.75) is 0 Å². The highest BCUT2D eigenvalue weighted by atomic mass is 32.1. The summed E-state index contributed by atoms with van der Waals surface area (Å²) in [5, 5.41) is 3.83. The van der Waals surface area contributed by atoms with Crippen molar-refractivity contribution in [1.29, 1.82) is 0 Å². The molecule has 0 saturated carbocycles. The Bertz CT molecular complexity index is 651. The summed E-state index contributed by atoms with van der Waals surface area (Å²) in [4.78, 5) is 4.28. The average Bonchev–Trinajstić information content (AvgIpc) is 2.86. The van der Waals surface area contributed by atoms with Gasteiger partial charge < -0.3 is 10.3 Å². The topological polar surface area (TPSA) is 43.8 Å². The van der Waals surface area contributed by atoms with Crippen molar-refractivity contribution >= 4 is 27.4 Å². The maximum absolute atomic E-state index is 5.64. The minimum atomic E-state index is 0.614. The summed E-state index contributed by atoms with van der Waals surface area (Å²) in [6, 6.07) is 8.44. The smallest absolute Gasteiger partial charge is 0.180 e. The summed E-state index contributed by atoms with van der Waals surface area (Å²) in [7, 11) is 2.04. The molecule has 16 heavy (non-hydrogen) atoms. The van der Waals surface area contributed by atoms with E-state index < -0.39 is 0 Å². The fourth-order valence-corrected chi connectivity index (χ4v) is 2.43. The Hall–Kier alpha value is -1.81. The molecule has 0 atom stereocenters. The molecule has 0 bridgehead atoms. The van der Waals surface area contributed by atoms with Crippen LogP contribution in [0.25, 0.3) is 22.2 Å². The quantitative estimate of drug-likeness (QED) is 0.697. The first-order chi connectivity index (χ1) is 7.74. The first-order valence-electron chi connectivity index (χ1n) is 5.00.